The Morgan fingerprint density at radius 3 is 3.00 bits per heavy atom. The third-order valence-corrected chi connectivity index (χ3v) is 5.10. The molecule has 0 aromatic heterocycles. The first-order valence-corrected chi connectivity index (χ1v) is 8.72. The highest BCUT2D eigenvalue weighted by Gasteiger charge is 2.26. The summed E-state index contributed by atoms with van der Waals surface area (Å²) in [7, 11) is 1.43. The number of aromatic hydroxyl groups is 1. The summed E-state index contributed by atoms with van der Waals surface area (Å²) < 4.78 is 5.70. The predicted molar refractivity (Wildman–Crippen MR) is 95.0 cm³/mol. The summed E-state index contributed by atoms with van der Waals surface area (Å²) in [5, 5.41) is 13.4. The third-order valence-electron chi connectivity index (χ3n) is 4.00. The predicted octanol–water partition coefficient (Wildman–Crippen LogP) is 2.87. The molecule has 1 atom stereocenters. The van der Waals surface area contributed by atoms with Crippen LogP contribution in [-0.2, 0) is 0 Å². The van der Waals surface area contributed by atoms with E-state index in [9.17, 15) is 9.90 Å². The molecule has 22 heavy (non-hydrogen) atoms. The number of carbonyl (C=O) groups excluding carboxylic acids is 1. The van der Waals surface area contributed by atoms with Gasteiger partial charge in [0.05, 0.1) is 15.7 Å². The van der Waals surface area contributed by atoms with Gasteiger partial charge in [0.1, 0.15) is 11.3 Å². The van der Waals surface area contributed by atoms with Crippen LogP contribution in [0.5, 0.6) is 11.5 Å². The van der Waals surface area contributed by atoms with Crippen molar-refractivity contribution in [3.8, 4) is 11.5 Å². The molecular weight excluding hydrogens is 419 g/mol. The average Bonchev–Trinajstić information content (AvgIpc) is 2.95. The lowest BCUT2D eigenvalue weighted by Gasteiger charge is -2.23. The third kappa shape index (κ3) is 3.60. The van der Waals surface area contributed by atoms with E-state index in [1.165, 1.54) is 7.11 Å². The number of nitrogens with zero attached hydrogens (tertiary/aromatic N) is 1. The molecule has 0 saturated carbocycles. The van der Waals surface area contributed by atoms with Gasteiger partial charge in [0.15, 0.2) is 5.75 Å². The number of hydrogen-bond acceptors (Lipinski definition) is 4. The molecular formula is C15H20ClIN2O3. The van der Waals surface area contributed by atoms with Gasteiger partial charge in [-0.25, -0.2) is 0 Å². The molecule has 1 aliphatic heterocycles. The molecule has 7 heteroatoms. The largest absolute Gasteiger partial charge is 0.506 e. The van der Waals surface area contributed by atoms with Crippen LogP contribution in [0.15, 0.2) is 6.07 Å². The number of phenols is 1. The van der Waals surface area contributed by atoms with E-state index in [4.69, 9.17) is 16.3 Å². The van der Waals surface area contributed by atoms with Crippen LogP contribution in [0.2, 0.25) is 5.02 Å². The van der Waals surface area contributed by atoms with Gasteiger partial charge in [-0.1, -0.05) is 18.5 Å². The van der Waals surface area contributed by atoms with Crippen molar-refractivity contribution >= 4 is 40.1 Å². The van der Waals surface area contributed by atoms with Crippen LogP contribution < -0.4 is 10.1 Å². The second-order valence-corrected chi connectivity index (χ2v) is 6.80. The van der Waals surface area contributed by atoms with Crippen LogP contribution in [0.4, 0.5) is 0 Å². The Morgan fingerprint density at radius 2 is 2.36 bits per heavy atom. The van der Waals surface area contributed by atoms with Gasteiger partial charge in [-0.15, -0.1) is 0 Å². The fraction of sp³-hybridized carbons (Fsp3) is 0.533. The Balaban J connectivity index is 2.16. The maximum Gasteiger partial charge on any atom is 0.258 e. The summed E-state index contributed by atoms with van der Waals surface area (Å²) in [5.74, 6) is -0.258. The fourth-order valence-corrected chi connectivity index (χ4v) is 3.89. The van der Waals surface area contributed by atoms with Crippen molar-refractivity contribution in [2.75, 3.05) is 26.7 Å². The summed E-state index contributed by atoms with van der Waals surface area (Å²) in [6.45, 7) is 4.72. The van der Waals surface area contributed by atoms with Gasteiger partial charge in [-0.2, -0.15) is 0 Å². The molecule has 1 saturated heterocycles. The number of rotatable bonds is 5. The number of methoxy groups -OCH3 is 1. The lowest BCUT2D eigenvalue weighted by Crippen LogP contribution is -2.40. The number of likely N-dealkylation sites (N-methyl/N-ethyl adjacent to an activating group) is 1. The molecule has 1 heterocycles. The van der Waals surface area contributed by atoms with E-state index in [1.807, 2.05) is 22.6 Å². The van der Waals surface area contributed by atoms with Crippen molar-refractivity contribution in [2.45, 2.75) is 25.8 Å². The summed E-state index contributed by atoms with van der Waals surface area (Å²) in [6, 6.07) is 1.92. The van der Waals surface area contributed by atoms with E-state index >= 15 is 0 Å². The lowest BCUT2D eigenvalue weighted by atomic mass is 10.1. The van der Waals surface area contributed by atoms with Crippen LogP contribution >= 0.6 is 34.2 Å². The molecule has 0 bridgehead atoms. The minimum Gasteiger partial charge on any atom is -0.506 e. The number of likely N-dealkylation sites (tertiary alicyclic amines) is 1. The molecule has 1 aliphatic rings. The molecule has 122 valence electrons. The standard InChI is InChI=1S/C15H20ClIN2O3/c1-3-19-6-4-5-9(19)8-18-15(21)12-13(20)11(17)7-10(16)14(12)22-2/h7,9,20H,3-6,8H2,1-2H3,(H,18,21). The molecule has 0 aliphatic carbocycles. The smallest absolute Gasteiger partial charge is 0.258 e. The minimum atomic E-state index is -0.363. The average molecular weight is 439 g/mol. The van der Waals surface area contributed by atoms with Gasteiger partial charge < -0.3 is 15.2 Å². The number of phenolic OH excluding ortho intramolecular Hbond substituents is 1. The summed E-state index contributed by atoms with van der Waals surface area (Å²) in [4.78, 5) is 14.8. The number of amides is 1. The van der Waals surface area contributed by atoms with Crippen molar-refractivity contribution in [3.63, 3.8) is 0 Å². The van der Waals surface area contributed by atoms with Gasteiger partial charge in [0.2, 0.25) is 0 Å². The number of benzene rings is 1. The van der Waals surface area contributed by atoms with E-state index in [-0.39, 0.29) is 23.0 Å². The van der Waals surface area contributed by atoms with Crippen LogP contribution in [0.3, 0.4) is 0 Å². The Morgan fingerprint density at radius 1 is 1.64 bits per heavy atom. The van der Waals surface area contributed by atoms with Crippen molar-refractivity contribution in [1.29, 1.82) is 0 Å². The maximum absolute atomic E-state index is 12.5. The van der Waals surface area contributed by atoms with E-state index in [1.54, 1.807) is 6.07 Å². The molecule has 1 aromatic carbocycles. The highest BCUT2D eigenvalue weighted by atomic mass is 127. The monoisotopic (exact) mass is 438 g/mol. The van der Waals surface area contributed by atoms with Crippen molar-refractivity contribution in [1.82, 2.24) is 10.2 Å². The quantitative estimate of drug-likeness (QED) is 0.694. The zero-order valence-electron chi connectivity index (χ0n) is 12.7. The van der Waals surface area contributed by atoms with Gasteiger partial charge in [-0.3, -0.25) is 9.69 Å². The van der Waals surface area contributed by atoms with Gasteiger partial charge in [0.25, 0.3) is 5.91 Å². The zero-order chi connectivity index (χ0) is 16.3. The number of carbonyl (C=O) groups is 1. The normalized spacial score (nSPS) is 18.5. The molecule has 0 radical (unpaired) electrons. The molecule has 2 N–H and O–H groups in total. The molecule has 5 nitrogen and oxygen atoms in total. The Bertz CT molecular complexity index is 568. The number of hydrogen-bond donors (Lipinski definition) is 2. The highest BCUT2D eigenvalue weighted by Crippen LogP contribution is 2.38. The van der Waals surface area contributed by atoms with Crippen molar-refractivity contribution < 1.29 is 14.6 Å². The van der Waals surface area contributed by atoms with E-state index in [2.05, 4.69) is 17.1 Å². The minimum absolute atomic E-state index is 0.0976. The Labute approximate surface area is 149 Å². The molecule has 1 aromatic rings. The number of nitrogens with one attached hydrogen (secondary N) is 1. The molecule has 1 amide bonds. The van der Waals surface area contributed by atoms with E-state index in [0.29, 0.717) is 21.2 Å². The molecule has 0 spiro atoms. The first-order valence-electron chi connectivity index (χ1n) is 7.26. The van der Waals surface area contributed by atoms with Crippen LogP contribution in [0, 0.1) is 3.57 Å². The fourth-order valence-electron chi connectivity index (χ4n) is 2.84. The van der Waals surface area contributed by atoms with Crippen molar-refractivity contribution in [3.05, 3.63) is 20.2 Å². The van der Waals surface area contributed by atoms with Gasteiger partial charge in [-0.05, 0) is 54.6 Å². The number of halogens is 2. The van der Waals surface area contributed by atoms with Gasteiger partial charge >= 0.3 is 0 Å². The topological polar surface area (TPSA) is 61.8 Å². The molecule has 2 rings (SSSR count). The van der Waals surface area contributed by atoms with E-state index in [0.717, 1.165) is 25.9 Å². The van der Waals surface area contributed by atoms with Crippen LogP contribution in [0.1, 0.15) is 30.1 Å². The SMILES string of the molecule is CCN1CCCC1CNC(=O)c1c(O)c(I)cc(Cl)c1OC. The van der Waals surface area contributed by atoms with Crippen LogP contribution in [-0.4, -0.2) is 48.7 Å². The maximum atomic E-state index is 12.5. The zero-order valence-corrected chi connectivity index (χ0v) is 15.6. The van der Waals surface area contributed by atoms with E-state index < -0.39 is 0 Å². The summed E-state index contributed by atoms with van der Waals surface area (Å²) >= 11 is 8.03. The second-order valence-electron chi connectivity index (χ2n) is 5.23. The Hall–Kier alpha value is -0.730. The van der Waals surface area contributed by atoms with Crippen molar-refractivity contribution in [2.24, 2.45) is 0 Å². The molecule has 1 fully saturated rings. The summed E-state index contributed by atoms with van der Waals surface area (Å²) in [5.41, 5.74) is 0.0976. The first-order chi connectivity index (χ1) is 10.5. The highest BCUT2D eigenvalue weighted by molar-refractivity contribution is 14.1. The lowest BCUT2D eigenvalue weighted by molar-refractivity contribution is 0.0935. The first kappa shape index (κ1) is 17.6. The number of ether oxygens (including phenoxy) is 1. The summed E-state index contributed by atoms with van der Waals surface area (Å²) in [6.07, 6.45) is 2.22. The van der Waals surface area contributed by atoms with Gasteiger partial charge in [0, 0.05) is 12.6 Å². The molecule has 1 unspecified atom stereocenters. The van der Waals surface area contributed by atoms with Crippen LogP contribution in [0.25, 0.3) is 0 Å². The second kappa shape index (κ2) is 7.70. The Kier molecular flexibility index (Phi) is 6.17.